The van der Waals surface area contributed by atoms with Crippen LogP contribution in [0.3, 0.4) is 0 Å². The van der Waals surface area contributed by atoms with E-state index in [4.69, 9.17) is 0 Å². The van der Waals surface area contributed by atoms with Crippen LogP contribution in [0.1, 0.15) is 32.4 Å². The molecule has 1 atom stereocenters. The second-order valence-electron chi connectivity index (χ2n) is 6.23. The molecule has 1 unspecified atom stereocenters. The fourth-order valence-corrected chi connectivity index (χ4v) is 3.25. The lowest BCUT2D eigenvalue weighted by Gasteiger charge is -2.35. The smallest absolute Gasteiger partial charge is 0.273 e. The zero-order valence-corrected chi connectivity index (χ0v) is 14.8. The molecule has 0 aliphatic carbocycles. The topological polar surface area (TPSA) is 91.0 Å². The number of carbonyl (C=O) groups is 1. The lowest BCUT2D eigenvalue weighted by atomic mass is 9.97. The molecule has 0 aromatic carbocycles. The van der Waals surface area contributed by atoms with Gasteiger partial charge in [-0.25, -0.2) is 0 Å². The highest BCUT2D eigenvalue weighted by Crippen LogP contribution is 2.17. The van der Waals surface area contributed by atoms with Crippen molar-refractivity contribution in [2.45, 2.75) is 44.8 Å². The molecule has 8 heteroatoms. The van der Waals surface area contributed by atoms with E-state index in [9.17, 15) is 9.59 Å². The van der Waals surface area contributed by atoms with E-state index < -0.39 is 0 Å². The summed E-state index contributed by atoms with van der Waals surface area (Å²) < 4.78 is 0. The summed E-state index contributed by atoms with van der Waals surface area (Å²) in [4.78, 5) is 28.4. The monoisotopic (exact) mass is 339 g/mol. The number of nitrogens with one attached hydrogen (secondary N) is 2. The molecule has 1 aromatic rings. The molecule has 1 saturated heterocycles. The Morgan fingerprint density at radius 2 is 2.26 bits per heavy atom. The van der Waals surface area contributed by atoms with Crippen molar-refractivity contribution in [1.82, 2.24) is 25.4 Å². The van der Waals surface area contributed by atoms with Crippen molar-refractivity contribution in [1.29, 1.82) is 0 Å². The molecule has 1 aromatic heterocycles. The molecule has 23 heavy (non-hydrogen) atoms. The summed E-state index contributed by atoms with van der Waals surface area (Å²) in [5, 5.41) is 11.0. The zero-order valence-electron chi connectivity index (χ0n) is 14.0. The Morgan fingerprint density at radius 1 is 1.48 bits per heavy atom. The van der Waals surface area contributed by atoms with E-state index in [0.717, 1.165) is 19.5 Å². The van der Waals surface area contributed by atoms with Crippen molar-refractivity contribution in [2.75, 3.05) is 25.4 Å². The largest absolute Gasteiger partial charge is 0.355 e. The molecule has 0 saturated carbocycles. The molecule has 0 bridgehead atoms. The molecule has 0 radical (unpaired) electrons. The number of carbonyl (C=O) groups excluding carboxylic acids is 1. The maximum absolute atomic E-state index is 11.9. The first-order valence-electron chi connectivity index (χ1n) is 8.03. The number of amides is 1. The number of nitrogens with zero attached hydrogens (tertiary/aromatic N) is 3. The number of rotatable bonds is 6. The highest BCUT2D eigenvalue weighted by atomic mass is 32.2. The standard InChI is InChI=1S/C15H25N5O2S/c1-10(2)20-6-4-5-12(8-20)7-16-13(21)9-23-15-17-14(22)11(3)18-19-15/h10,12H,4-9H2,1-3H3,(H,16,21)(H,17,19,22). The summed E-state index contributed by atoms with van der Waals surface area (Å²) in [6, 6.07) is 0.556. The first kappa shape index (κ1) is 17.9. The maximum atomic E-state index is 11.9. The summed E-state index contributed by atoms with van der Waals surface area (Å²) in [5.74, 6) is 0.702. The van der Waals surface area contributed by atoms with E-state index in [1.807, 2.05) is 0 Å². The number of hydrogen-bond acceptors (Lipinski definition) is 6. The summed E-state index contributed by atoms with van der Waals surface area (Å²) in [7, 11) is 0. The number of piperidine rings is 1. The van der Waals surface area contributed by atoms with Crippen molar-refractivity contribution in [3.8, 4) is 0 Å². The van der Waals surface area contributed by atoms with Gasteiger partial charge in [-0.3, -0.25) is 14.6 Å². The minimum Gasteiger partial charge on any atom is -0.355 e. The SMILES string of the molecule is Cc1nnc(SCC(=O)NCC2CCCN(C(C)C)C2)[nH]c1=O. The van der Waals surface area contributed by atoms with E-state index in [1.54, 1.807) is 6.92 Å². The third-order valence-corrected chi connectivity index (χ3v) is 4.91. The lowest BCUT2D eigenvalue weighted by molar-refractivity contribution is -0.118. The molecule has 1 aliphatic heterocycles. The van der Waals surface area contributed by atoms with Gasteiger partial charge in [0.2, 0.25) is 5.91 Å². The molecule has 7 nitrogen and oxygen atoms in total. The lowest BCUT2D eigenvalue weighted by Crippen LogP contribution is -2.44. The van der Waals surface area contributed by atoms with Crippen molar-refractivity contribution < 1.29 is 4.79 Å². The van der Waals surface area contributed by atoms with E-state index in [1.165, 1.54) is 18.2 Å². The van der Waals surface area contributed by atoms with E-state index in [-0.39, 0.29) is 17.2 Å². The van der Waals surface area contributed by atoms with Crippen LogP contribution in [0.2, 0.25) is 0 Å². The highest BCUT2D eigenvalue weighted by Gasteiger charge is 2.21. The van der Waals surface area contributed by atoms with Crippen LogP contribution in [0.15, 0.2) is 9.95 Å². The minimum absolute atomic E-state index is 0.0418. The van der Waals surface area contributed by atoms with Crippen molar-refractivity contribution in [3.63, 3.8) is 0 Å². The van der Waals surface area contributed by atoms with Gasteiger partial charge in [-0.1, -0.05) is 11.8 Å². The van der Waals surface area contributed by atoms with Crippen molar-refractivity contribution in [3.05, 3.63) is 16.0 Å². The van der Waals surface area contributed by atoms with Crippen LogP contribution in [0.25, 0.3) is 0 Å². The van der Waals surface area contributed by atoms with Gasteiger partial charge in [0.15, 0.2) is 5.16 Å². The van der Waals surface area contributed by atoms with E-state index >= 15 is 0 Å². The van der Waals surface area contributed by atoms with Gasteiger partial charge < -0.3 is 10.2 Å². The van der Waals surface area contributed by atoms with Gasteiger partial charge in [-0.05, 0) is 46.1 Å². The minimum atomic E-state index is -0.265. The Bertz CT molecular complexity index is 589. The maximum Gasteiger partial charge on any atom is 0.273 e. The Balaban J connectivity index is 1.72. The van der Waals surface area contributed by atoms with Crippen LogP contribution in [-0.2, 0) is 4.79 Å². The van der Waals surface area contributed by atoms with Gasteiger partial charge in [-0.15, -0.1) is 10.2 Å². The number of aryl methyl sites for hydroxylation is 1. The normalized spacial score (nSPS) is 19.0. The van der Waals surface area contributed by atoms with E-state index in [0.29, 0.717) is 29.4 Å². The van der Waals surface area contributed by atoms with Crippen LogP contribution in [0.4, 0.5) is 0 Å². The van der Waals surface area contributed by atoms with Gasteiger partial charge in [-0.2, -0.15) is 0 Å². The number of H-pyrrole nitrogens is 1. The van der Waals surface area contributed by atoms with Gasteiger partial charge >= 0.3 is 0 Å². The number of aromatic nitrogens is 3. The predicted molar refractivity (Wildman–Crippen MR) is 90.6 cm³/mol. The fourth-order valence-electron chi connectivity index (χ4n) is 2.62. The predicted octanol–water partition coefficient (Wildman–Crippen LogP) is 0.802. The second-order valence-corrected chi connectivity index (χ2v) is 7.20. The summed E-state index contributed by atoms with van der Waals surface area (Å²) in [5.41, 5.74) is 0.0599. The number of thioether (sulfide) groups is 1. The van der Waals surface area contributed by atoms with Crippen LogP contribution in [0, 0.1) is 12.8 Å². The highest BCUT2D eigenvalue weighted by molar-refractivity contribution is 7.99. The molecule has 2 heterocycles. The third-order valence-electron chi connectivity index (χ3n) is 4.05. The van der Waals surface area contributed by atoms with Crippen LogP contribution in [0.5, 0.6) is 0 Å². The summed E-state index contributed by atoms with van der Waals surface area (Å²) in [6.07, 6.45) is 2.35. The molecule has 2 N–H and O–H groups in total. The molecule has 0 spiro atoms. The second kappa shape index (κ2) is 8.44. The van der Waals surface area contributed by atoms with Gasteiger partial charge in [0.05, 0.1) is 5.75 Å². The molecular weight excluding hydrogens is 314 g/mol. The average molecular weight is 339 g/mol. The molecular formula is C15H25N5O2S. The fraction of sp³-hybridized carbons (Fsp3) is 0.733. The number of likely N-dealkylation sites (tertiary alicyclic amines) is 1. The summed E-state index contributed by atoms with van der Waals surface area (Å²) >= 11 is 1.19. The Labute approximate surface area is 140 Å². The van der Waals surface area contributed by atoms with Crippen LogP contribution < -0.4 is 10.9 Å². The quantitative estimate of drug-likeness (QED) is 0.745. The average Bonchev–Trinajstić information content (AvgIpc) is 2.54. The van der Waals surface area contributed by atoms with Crippen molar-refractivity contribution >= 4 is 17.7 Å². The van der Waals surface area contributed by atoms with Crippen LogP contribution >= 0.6 is 11.8 Å². The number of aromatic amines is 1. The molecule has 1 aliphatic rings. The molecule has 1 amide bonds. The van der Waals surface area contributed by atoms with Crippen molar-refractivity contribution in [2.24, 2.45) is 5.92 Å². The number of hydrogen-bond donors (Lipinski definition) is 2. The van der Waals surface area contributed by atoms with E-state index in [2.05, 4.69) is 39.2 Å². The Hall–Kier alpha value is -1.41. The van der Waals surface area contributed by atoms with Gasteiger partial charge in [0.25, 0.3) is 5.56 Å². The van der Waals surface area contributed by atoms with Gasteiger partial charge in [0.1, 0.15) is 5.69 Å². The first-order valence-corrected chi connectivity index (χ1v) is 9.01. The molecule has 2 rings (SSSR count). The Morgan fingerprint density at radius 3 is 2.96 bits per heavy atom. The summed E-state index contributed by atoms with van der Waals surface area (Å²) in [6.45, 7) is 8.91. The van der Waals surface area contributed by atoms with Crippen LogP contribution in [-0.4, -0.2) is 57.4 Å². The molecule has 128 valence electrons. The first-order chi connectivity index (χ1) is 11.0. The Kier molecular flexibility index (Phi) is 6.59. The third kappa shape index (κ3) is 5.62. The zero-order chi connectivity index (χ0) is 16.8. The van der Waals surface area contributed by atoms with Gasteiger partial charge in [0, 0.05) is 19.1 Å². The molecule has 1 fully saturated rings.